The second kappa shape index (κ2) is 2.70. The van der Waals surface area contributed by atoms with Crippen LogP contribution in [0.5, 0.6) is 0 Å². The third kappa shape index (κ3) is 1.19. The Morgan fingerprint density at radius 3 is 3.00 bits per heavy atom. The summed E-state index contributed by atoms with van der Waals surface area (Å²) in [5.74, 6) is 0.445. The zero-order valence-corrected chi connectivity index (χ0v) is 8.58. The molecule has 2 heterocycles. The zero-order chi connectivity index (χ0) is 9.59. The minimum atomic E-state index is -0.0919. The van der Waals surface area contributed by atoms with Gasteiger partial charge in [-0.1, -0.05) is 0 Å². The van der Waals surface area contributed by atoms with Crippen molar-refractivity contribution in [2.75, 3.05) is 0 Å². The van der Waals surface area contributed by atoms with Crippen molar-refractivity contribution in [3.05, 3.63) is 39.8 Å². The van der Waals surface area contributed by atoms with Crippen molar-refractivity contribution in [2.24, 2.45) is 7.05 Å². The molecule has 0 fully saturated rings. The van der Waals surface area contributed by atoms with Crippen molar-refractivity contribution in [3.63, 3.8) is 0 Å². The second-order valence-electron chi connectivity index (χ2n) is 2.77. The Morgan fingerprint density at radius 1 is 1.62 bits per heavy atom. The lowest BCUT2D eigenvalue weighted by atomic mass is 10.5. The fourth-order valence-corrected chi connectivity index (χ4v) is 1.55. The van der Waals surface area contributed by atoms with Gasteiger partial charge in [-0.15, -0.1) is 0 Å². The largest absolute Gasteiger partial charge is 0.297 e. The lowest BCUT2D eigenvalue weighted by Gasteiger charge is -2.01. The molecule has 2 rings (SSSR count). The van der Waals surface area contributed by atoms with Gasteiger partial charge in [0, 0.05) is 24.6 Å². The Balaban J connectivity index is 3.01. The maximum absolute atomic E-state index is 11.6. The van der Waals surface area contributed by atoms with E-state index in [-0.39, 0.29) is 5.56 Å². The first-order valence-electron chi connectivity index (χ1n) is 3.66. The number of rotatable bonds is 0. The molecule has 5 heteroatoms. The molecule has 0 N–H and O–H groups in total. The molecular weight excluding hydrogens is 234 g/mol. The van der Waals surface area contributed by atoms with Crippen LogP contribution in [0.3, 0.4) is 0 Å². The van der Waals surface area contributed by atoms with E-state index in [1.54, 1.807) is 19.3 Å². The van der Waals surface area contributed by atoms with Crippen molar-refractivity contribution >= 4 is 21.4 Å². The summed E-state index contributed by atoms with van der Waals surface area (Å²) in [5, 5.41) is 4.10. The highest BCUT2D eigenvalue weighted by Gasteiger charge is 2.05. The number of nitrogens with zero attached hydrogens (tertiary/aromatic N) is 3. The van der Waals surface area contributed by atoms with Gasteiger partial charge in [-0.2, -0.15) is 5.10 Å². The first-order chi connectivity index (χ1) is 6.09. The van der Waals surface area contributed by atoms with Gasteiger partial charge in [0.2, 0.25) is 0 Å². The zero-order valence-electron chi connectivity index (χ0n) is 6.99. The highest BCUT2D eigenvalue weighted by molar-refractivity contribution is 9.10. The van der Waals surface area contributed by atoms with Crippen LogP contribution in [0.2, 0.25) is 0 Å². The third-order valence-electron chi connectivity index (χ3n) is 1.90. The van der Waals surface area contributed by atoms with E-state index in [4.69, 9.17) is 0 Å². The summed E-state index contributed by atoms with van der Waals surface area (Å²) in [6.07, 6.45) is 1.73. The van der Waals surface area contributed by atoms with Crippen molar-refractivity contribution < 1.29 is 0 Å². The lowest BCUT2D eigenvalue weighted by Crippen LogP contribution is -2.22. The van der Waals surface area contributed by atoms with Crippen LogP contribution < -0.4 is 5.56 Å². The topological polar surface area (TPSA) is 39.3 Å². The predicted molar refractivity (Wildman–Crippen MR) is 52.6 cm³/mol. The van der Waals surface area contributed by atoms with Crippen LogP contribution in [0, 0.1) is 6.92 Å². The first kappa shape index (κ1) is 8.50. The molecule has 2 aromatic rings. The minimum Gasteiger partial charge on any atom is -0.297 e. The number of fused-ring (bicyclic) bond motifs is 1. The molecule has 0 aromatic carbocycles. The summed E-state index contributed by atoms with van der Waals surface area (Å²) in [6.45, 7) is 3.66. The monoisotopic (exact) mass is 240 g/mol. The van der Waals surface area contributed by atoms with Crippen LogP contribution in [-0.4, -0.2) is 14.2 Å². The molecule has 0 unspecified atom stereocenters. The average molecular weight is 241 g/mol. The molecular formula is C8H7BrN3O. The van der Waals surface area contributed by atoms with Crippen LogP contribution in [0.25, 0.3) is 5.52 Å². The first-order valence-corrected chi connectivity index (χ1v) is 4.46. The van der Waals surface area contributed by atoms with Crippen molar-refractivity contribution in [2.45, 2.75) is 0 Å². The molecule has 0 saturated heterocycles. The van der Waals surface area contributed by atoms with Gasteiger partial charge >= 0.3 is 0 Å². The maximum Gasteiger partial charge on any atom is 0.277 e. The van der Waals surface area contributed by atoms with Crippen LogP contribution in [0.15, 0.2) is 21.5 Å². The smallest absolute Gasteiger partial charge is 0.277 e. The molecule has 4 nitrogen and oxygen atoms in total. The minimum absolute atomic E-state index is 0.0919. The van der Waals surface area contributed by atoms with E-state index in [9.17, 15) is 4.79 Å². The molecule has 0 aliphatic heterocycles. The van der Waals surface area contributed by atoms with Gasteiger partial charge in [-0.05, 0) is 22.0 Å². The molecule has 0 bridgehead atoms. The van der Waals surface area contributed by atoms with E-state index < -0.39 is 0 Å². The molecule has 0 spiro atoms. The molecule has 1 radical (unpaired) electrons. The SMILES string of the molecule is [CH2]c1nn2cc(Br)cc2c(=O)n1C. The van der Waals surface area contributed by atoms with Gasteiger partial charge in [0.05, 0.1) is 0 Å². The third-order valence-corrected chi connectivity index (χ3v) is 2.33. The molecule has 0 amide bonds. The van der Waals surface area contributed by atoms with E-state index in [0.717, 1.165) is 4.47 Å². The molecule has 0 atom stereocenters. The molecule has 13 heavy (non-hydrogen) atoms. The second-order valence-corrected chi connectivity index (χ2v) is 3.68. The van der Waals surface area contributed by atoms with Gasteiger partial charge in [0.15, 0.2) is 0 Å². The summed E-state index contributed by atoms with van der Waals surface area (Å²) in [4.78, 5) is 11.6. The van der Waals surface area contributed by atoms with E-state index in [0.29, 0.717) is 11.3 Å². The van der Waals surface area contributed by atoms with Crippen LogP contribution in [0.1, 0.15) is 5.82 Å². The van der Waals surface area contributed by atoms with Crippen LogP contribution >= 0.6 is 15.9 Å². The van der Waals surface area contributed by atoms with E-state index in [1.165, 1.54) is 9.08 Å². The molecule has 0 saturated carbocycles. The number of halogens is 1. The summed E-state index contributed by atoms with van der Waals surface area (Å²) in [7, 11) is 1.65. The van der Waals surface area contributed by atoms with E-state index >= 15 is 0 Å². The Kier molecular flexibility index (Phi) is 1.76. The summed E-state index contributed by atoms with van der Waals surface area (Å²) >= 11 is 3.28. The summed E-state index contributed by atoms with van der Waals surface area (Å²) in [6, 6.07) is 1.73. The normalized spacial score (nSPS) is 11.0. The Labute approximate surface area is 82.9 Å². The van der Waals surface area contributed by atoms with Gasteiger partial charge in [0.1, 0.15) is 11.3 Å². The highest BCUT2D eigenvalue weighted by atomic mass is 79.9. The molecule has 67 valence electrons. The molecule has 2 aromatic heterocycles. The standard InChI is InChI=1S/C8H7BrN3O/c1-5-10-12-4-6(9)3-7(12)8(13)11(5)2/h3-4H,1H2,2H3. The van der Waals surface area contributed by atoms with E-state index in [2.05, 4.69) is 28.0 Å². The molecule has 0 aliphatic rings. The Bertz CT molecular complexity index is 526. The van der Waals surface area contributed by atoms with Gasteiger partial charge < -0.3 is 0 Å². The van der Waals surface area contributed by atoms with Gasteiger partial charge in [-0.3, -0.25) is 9.36 Å². The fourth-order valence-electron chi connectivity index (χ4n) is 1.14. The molecule has 0 aliphatic carbocycles. The number of hydrogen-bond acceptors (Lipinski definition) is 2. The Morgan fingerprint density at radius 2 is 2.31 bits per heavy atom. The summed E-state index contributed by atoms with van der Waals surface area (Å²) < 4.78 is 3.78. The summed E-state index contributed by atoms with van der Waals surface area (Å²) in [5.41, 5.74) is 0.451. The van der Waals surface area contributed by atoms with E-state index in [1.807, 2.05) is 0 Å². The van der Waals surface area contributed by atoms with Crippen LogP contribution in [-0.2, 0) is 7.05 Å². The quantitative estimate of drug-likeness (QED) is 0.689. The number of hydrogen-bond donors (Lipinski definition) is 0. The lowest BCUT2D eigenvalue weighted by molar-refractivity contribution is 0.739. The Hall–Kier alpha value is -1.10. The van der Waals surface area contributed by atoms with Gasteiger partial charge in [-0.25, -0.2) is 4.52 Å². The fraction of sp³-hybridized carbons (Fsp3) is 0.125. The average Bonchev–Trinajstić information content (AvgIpc) is 2.42. The number of aromatic nitrogens is 3. The predicted octanol–water partition coefficient (Wildman–Crippen LogP) is 0.978. The maximum atomic E-state index is 11.6. The van der Waals surface area contributed by atoms with Crippen molar-refractivity contribution in [3.8, 4) is 0 Å². The highest BCUT2D eigenvalue weighted by Crippen LogP contribution is 2.11. The van der Waals surface area contributed by atoms with Crippen LogP contribution in [0.4, 0.5) is 0 Å². The van der Waals surface area contributed by atoms with Gasteiger partial charge in [0.25, 0.3) is 5.56 Å². The van der Waals surface area contributed by atoms with Crippen molar-refractivity contribution in [1.82, 2.24) is 14.2 Å². The van der Waals surface area contributed by atoms with Crippen molar-refractivity contribution in [1.29, 1.82) is 0 Å².